The second kappa shape index (κ2) is 10.9. The largest absolute Gasteiger partial charge is 0.508 e. The smallest absolute Gasteiger partial charge is 0.228 e. The van der Waals surface area contributed by atoms with Gasteiger partial charge in [0, 0.05) is 18.6 Å². The molecule has 0 saturated carbocycles. The first-order valence-electron chi connectivity index (χ1n) is 13.7. The molecular weight excluding hydrogens is 576 g/mol. The van der Waals surface area contributed by atoms with Crippen LogP contribution in [-0.2, 0) is 25.4 Å². The number of hydrogen-bond acceptors (Lipinski definition) is 15. The molecule has 2 fully saturated rings. The van der Waals surface area contributed by atoms with Crippen LogP contribution in [0.2, 0.25) is 0 Å². The van der Waals surface area contributed by atoms with E-state index < -0.39 is 79.7 Å². The minimum Gasteiger partial charge on any atom is -0.508 e. The van der Waals surface area contributed by atoms with Crippen LogP contribution in [0, 0.1) is 0 Å². The van der Waals surface area contributed by atoms with E-state index in [1.807, 2.05) is 0 Å². The van der Waals surface area contributed by atoms with Crippen LogP contribution in [0.4, 0.5) is 0 Å². The van der Waals surface area contributed by atoms with E-state index in [4.69, 9.17) is 28.4 Å². The molecule has 0 unspecified atom stereocenters. The lowest BCUT2D eigenvalue weighted by atomic mass is 9.89. The fourth-order valence-corrected chi connectivity index (χ4v) is 6.27. The summed E-state index contributed by atoms with van der Waals surface area (Å²) in [5.41, 5.74) is 1.36. The number of methoxy groups -OCH3 is 1. The Balaban J connectivity index is 1.28. The quantitative estimate of drug-likeness (QED) is 0.176. The maximum absolute atomic E-state index is 10.9. The zero-order valence-corrected chi connectivity index (χ0v) is 23.0. The van der Waals surface area contributed by atoms with Gasteiger partial charge in [-0.3, -0.25) is 0 Å². The summed E-state index contributed by atoms with van der Waals surface area (Å²) in [6.45, 7) is 0.966. The van der Waals surface area contributed by atoms with E-state index in [-0.39, 0.29) is 40.7 Å². The molecular formula is C28H34O15. The normalized spacial score (nSPS) is 40.0. The SMILES string of the molecule is COc1cc2c(cc1O)[C@H]1c3c(O)cc(O)cc3O[C@]1(O[C@@H]1O[C@H](CO[C@@H]3O[C@@H](C)[C@H](O)[C@@H](O)[C@H]3O)[C@@H](O)[C@H](O)[C@H]1O)C2. The summed E-state index contributed by atoms with van der Waals surface area (Å²) in [4.78, 5) is 0. The van der Waals surface area contributed by atoms with Crippen molar-refractivity contribution in [3.8, 4) is 28.7 Å². The van der Waals surface area contributed by atoms with Crippen molar-refractivity contribution < 1.29 is 74.4 Å². The van der Waals surface area contributed by atoms with Crippen molar-refractivity contribution in [3.05, 3.63) is 41.0 Å². The van der Waals surface area contributed by atoms with Gasteiger partial charge in [0.2, 0.25) is 5.79 Å². The van der Waals surface area contributed by atoms with Crippen molar-refractivity contribution in [2.45, 2.75) is 86.5 Å². The third-order valence-electron chi connectivity index (χ3n) is 8.52. The van der Waals surface area contributed by atoms with Gasteiger partial charge in [0.05, 0.1) is 31.3 Å². The topological polar surface area (TPSA) is 237 Å². The summed E-state index contributed by atoms with van der Waals surface area (Å²) < 4.78 is 34.5. The average Bonchev–Trinajstić information content (AvgIpc) is 3.42. The van der Waals surface area contributed by atoms with Gasteiger partial charge in [0.15, 0.2) is 24.1 Å². The van der Waals surface area contributed by atoms with Crippen LogP contribution in [0.25, 0.3) is 0 Å². The fraction of sp³-hybridized carbons (Fsp3) is 0.571. The highest BCUT2D eigenvalue weighted by atomic mass is 16.8. The summed E-state index contributed by atoms with van der Waals surface area (Å²) in [6, 6.07) is 5.40. The molecule has 15 nitrogen and oxygen atoms in total. The molecule has 3 aliphatic heterocycles. The van der Waals surface area contributed by atoms with Crippen LogP contribution < -0.4 is 9.47 Å². The molecule has 2 aromatic rings. The molecule has 0 radical (unpaired) electrons. The number of phenolic OH excluding ortho intramolecular Hbond substituents is 3. The van der Waals surface area contributed by atoms with E-state index in [1.165, 1.54) is 26.2 Å². The highest BCUT2D eigenvalue weighted by Crippen LogP contribution is 2.60. The van der Waals surface area contributed by atoms with Crippen LogP contribution in [0.5, 0.6) is 28.7 Å². The van der Waals surface area contributed by atoms with Crippen molar-refractivity contribution in [3.63, 3.8) is 0 Å². The van der Waals surface area contributed by atoms with Crippen molar-refractivity contribution in [1.29, 1.82) is 0 Å². The molecule has 4 aliphatic rings. The maximum Gasteiger partial charge on any atom is 0.228 e. The Labute approximate surface area is 244 Å². The van der Waals surface area contributed by atoms with Gasteiger partial charge >= 0.3 is 0 Å². The summed E-state index contributed by atoms with van der Waals surface area (Å²) in [6.07, 6.45) is -15.1. The minimum absolute atomic E-state index is 0.00880. The Kier molecular flexibility index (Phi) is 7.62. The second-order valence-corrected chi connectivity index (χ2v) is 11.3. The number of fused-ring (bicyclic) bond motifs is 5. The van der Waals surface area contributed by atoms with Crippen molar-refractivity contribution in [2.75, 3.05) is 13.7 Å². The average molecular weight is 611 g/mol. The summed E-state index contributed by atoms with van der Waals surface area (Å²) in [5.74, 6) is -3.15. The molecule has 0 amide bonds. The zero-order chi connectivity index (χ0) is 31.0. The molecule has 43 heavy (non-hydrogen) atoms. The summed E-state index contributed by atoms with van der Waals surface area (Å²) in [5, 5.41) is 93.9. The molecule has 9 N–H and O–H groups in total. The molecule has 2 saturated heterocycles. The first-order valence-corrected chi connectivity index (χ1v) is 13.7. The van der Waals surface area contributed by atoms with E-state index >= 15 is 0 Å². The number of rotatable bonds is 6. The van der Waals surface area contributed by atoms with Gasteiger partial charge in [0.25, 0.3) is 0 Å². The fourth-order valence-electron chi connectivity index (χ4n) is 6.27. The number of aromatic hydroxyl groups is 3. The van der Waals surface area contributed by atoms with Gasteiger partial charge in [-0.2, -0.15) is 0 Å². The summed E-state index contributed by atoms with van der Waals surface area (Å²) >= 11 is 0. The molecule has 1 aliphatic carbocycles. The van der Waals surface area contributed by atoms with Crippen LogP contribution >= 0.6 is 0 Å². The number of hydrogen-bond donors (Lipinski definition) is 9. The number of benzene rings is 2. The maximum atomic E-state index is 10.9. The van der Waals surface area contributed by atoms with E-state index in [1.54, 1.807) is 6.07 Å². The molecule has 236 valence electrons. The van der Waals surface area contributed by atoms with Gasteiger partial charge in [-0.05, 0) is 30.2 Å². The number of phenols is 3. The number of aliphatic hydroxyl groups excluding tert-OH is 6. The van der Waals surface area contributed by atoms with E-state index in [0.29, 0.717) is 11.1 Å². The Hall–Kier alpha value is -2.96. The molecule has 12 atom stereocenters. The van der Waals surface area contributed by atoms with Gasteiger partial charge in [-0.25, -0.2) is 0 Å². The highest BCUT2D eigenvalue weighted by molar-refractivity contribution is 5.63. The lowest BCUT2D eigenvalue weighted by molar-refractivity contribution is -0.361. The lowest BCUT2D eigenvalue weighted by Gasteiger charge is -2.44. The van der Waals surface area contributed by atoms with E-state index in [0.717, 1.165) is 6.07 Å². The molecule has 15 heteroatoms. The van der Waals surface area contributed by atoms with E-state index in [9.17, 15) is 46.0 Å². The molecule has 0 aromatic heterocycles. The molecule has 0 spiro atoms. The van der Waals surface area contributed by atoms with Crippen LogP contribution in [0.3, 0.4) is 0 Å². The lowest BCUT2D eigenvalue weighted by Crippen LogP contribution is -2.62. The summed E-state index contributed by atoms with van der Waals surface area (Å²) in [7, 11) is 1.38. The first-order chi connectivity index (χ1) is 20.3. The third kappa shape index (κ3) is 4.85. The van der Waals surface area contributed by atoms with Gasteiger partial charge in [-0.15, -0.1) is 0 Å². The molecule has 3 heterocycles. The van der Waals surface area contributed by atoms with Crippen LogP contribution in [0.15, 0.2) is 24.3 Å². The second-order valence-electron chi connectivity index (χ2n) is 11.3. The van der Waals surface area contributed by atoms with Crippen molar-refractivity contribution in [1.82, 2.24) is 0 Å². The predicted molar refractivity (Wildman–Crippen MR) is 139 cm³/mol. The first kappa shape index (κ1) is 30.1. The number of ether oxygens (including phenoxy) is 6. The monoisotopic (exact) mass is 610 g/mol. The standard InChI is InChI=1S/C28H34O15/c1-9-20(32)22(34)24(36)26(40-9)39-8-17-21(33)23(35)25(37)27(41-17)43-28-7-10-3-15(38-2)13(30)6-12(10)19(28)18-14(31)4-11(29)5-16(18)42-28/h3-6,9,17,19-27,29-37H,7-8H2,1-2H3/t9-,17+,19-,20-,21+,22+,23-,24+,25+,26+,27-,28-/m0/s1. The van der Waals surface area contributed by atoms with Gasteiger partial charge in [0.1, 0.15) is 60.0 Å². The Morgan fingerprint density at radius 2 is 1.51 bits per heavy atom. The van der Waals surface area contributed by atoms with Crippen LogP contribution in [-0.4, -0.2) is 127 Å². The van der Waals surface area contributed by atoms with Crippen LogP contribution in [0.1, 0.15) is 29.5 Å². The predicted octanol–water partition coefficient (Wildman–Crippen LogP) is -1.74. The highest BCUT2D eigenvalue weighted by Gasteiger charge is 2.60. The Morgan fingerprint density at radius 3 is 2.23 bits per heavy atom. The zero-order valence-electron chi connectivity index (χ0n) is 23.0. The molecule has 6 rings (SSSR count). The van der Waals surface area contributed by atoms with Gasteiger partial charge < -0.3 is 74.4 Å². The van der Waals surface area contributed by atoms with Crippen molar-refractivity contribution >= 4 is 0 Å². The molecule has 2 aromatic carbocycles. The van der Waals surface area contributed by atoms with E-state index in [2.05, 4.69) is 0 Å². The van der Waals surface area contributed by atoms with Crippen molar-refractivity contribution in [2.24, 2.45) is 0 Å². The Morgan fingerprint density at radius 1 is 0.814 bits per heavy atom. The van der Waals surface area contributed by atoms with Gasteiger partial charge in [-0.1, -0.05) is 0 Å². The molecule has 0 bridgehead atoms. The third-order valence-corrected chi connectivity index (χ3v) is 8.52. The number of aliphatic hydroxyl groups is 6. The minimum atomic E-state index is -1.80. The Bertz CT molecular complexity index is 1370.